The van der Waals surface area contributed by atoms with Gasteiger partial charge in [0.15, 0.2) is 0 Å². The maximum absolute atomic E-state index is 12.4. The minimum absolute atomic E-state index is 0.0194. The zero-order valence-electron chi connectivity index (χ0n) is 12.5. The summed E-state index contributed by atoms with van der Waals surface area (Å²) in [6.45, 7) is 0.0194. The van der Waals surface area contributed by atoms with Gasteiger partial charge in [-0.3, -0.25) is 0 Å². The largest absolute Gasteiger partial charge is 0.497 e. The van der Waals surface area contributed by atoms with Crippen LogP contribution in [0.15, 0.2) is 41.3 Å². The Labute approximate surface area is 145 Å². The highest BCUT2D eigenvalue weighted by Crippen LogP contribution is 2.27. The van der Waals surface area contributed by atoms with Gasteiger partial charge >= 0.3 is 0 Å². The zero-order chi connectivity index (χ0) is 17.0. The van der Waals surface area contributed by atoms with Gasteiger partial charge < -0.3 is 9.47 Å². The molecule has 1 N–H and O–H groups in total. The molecule has 0 bridgehead atoms. The van der Waals surface area contributed by atoms with E-state index < -0.39 is 10.0 Å². The Morgan fingerprint density at radius 2 is 1.78 bits per heavy atom. The van der Waals surface area contributed by atoms with Crippen LogP contribution in [0.1, 0.15) is 5.56 Å². The van der Waals surface area contributed by atoms with Gasteiger partial charge in [0.2, 0.25) is 10.0 Å². The predicted molar refractivity (Wildman–Crippen MR) is 90.0 cm³/mol. The lowest BCUT2D eigenvalue weighted by Gasteiger charge is -2.12. The molecule has 2 aromatic rings. The third-order valence-electron chi connectivity index (χ3n) is 3.12. The predicted octanol–water partition coefficient (Wildman–Crippen LogP) is 3.49. The molecule has 0 aromatic heterocycles. The topological polar surface area (TPSA) is 64.6 Å². The molecular formula is C15H15Cl2NO4S. The third-order valence-corrected chi connectivity index (χ3v) is 5.24. The Hall–Kier alpha value is -1.47. The third kappa shape index (κ3) is 4.29. The van der Waals surface area contributed by atoms with E-state index in [2.05, 4.69) is 4.72 Å². The molecule has 23 heavy (non-hydrogen) atoms. The van der Waals surface area contributed by atoms with E-state index in [9.17, 15) is 8.42 Å². The molecule has 8 heteroatoms. The molecule has 0 atom stereocenters. The number of nitrogens with one attached hydrogen (secondary N) is 1. The van der Waals surface area contributed by atoms with Crippen molar-refractivity contribution in [2.75, 3.05) is 14.2 Å². The quantitative estimate of drug-likeness (QED) is 0.838. The van der Waals surface area contributed by atoms with Crippen LogP contribution in [-0.2, 0) is 16.6 Å². The van der Waals surface area contributed by atoms with Gasteiger partial charge in [0, 0.05) is 17.1 Å². The van der Waals surface area contributed by atoms with Crippen molar-refractivity contribution in [2.45, 2.75) is 11.4 Å². The van der Waals surface area contributed by atoms with Gasteiger partial charge in [0.05, 0.1) is 19.2 Å². The van der Waals surface area contributed by atoms with Crippen LogP contribution in [0.5, 0.6) is 11.5 Å². The molecule has 0 aliphatic carbocycles. The molecule has 0 aliphatic heterocycles. The summed E-state index contributed by atoms with van der Waals surface area (Å²) in [5, 5.41) is 0.383. The van der Waals surface area contributed by atoms with Crippen LogP contribution >= 0.6 is 23.2 Å². The SMILES string of the molecule is COc1ccc(OC)c(CNS(=O)(=O)c2cc(Cl)ccc2Cl)c1. The first kappa shape index (κ1) is 17.9. The molecule has 5 nitrogen and oxygen atoms in total. The second kappa shape index (κ2) is 7.40. The maximum Gasteiger partial charge on any atom is 0.242 e. The van der Waals surface area contributed by atoms with Crippen molar-refractivity contribution < 1.29 is 17.9 Å². The molecule has 0 spiro atoms. The van der Waals surface area contributed by atoms with E-state index in [-0.39, 0.29) is 21.5 Å². The lowest BCUT2D eigenvalue weighted by atomic mass is 10.2. The molecule has 0 fully saturated rings. The fourth-order valence-corrected chi connectivity index (χ4v) is 3.72. The van der Waals surface area contributed by atoms with Crippen LogP contribution < -0.4 is 14.2 Å². The van der Waals surface area contributed by atoms with Crippen LogP contribution in [0, 0.1) is 0 Å². The normalized spacial score (nSPS) is 11.3. The Balaban J connectivity index is 2.27. The van der Waals surface area contributed by atoms with Gasteiger partial charge in [0.25, 0.3) is 0 Å². The lowest BCUT2D eigenvalue weighted by Crippen LogP contribution is -2.23. The Morgan fingerprint density at radius 1 is 1.04 bits per heavy atom. The van der Waals surface area contributed by atoms with Crippen LogP contribution in [0.25, 0.3) is 0 Å². The molecule has 0 aliphatic rings. The van der Waals surface area contributed by atoms with Crippen molar-refractivity contribution in [1.29, 1.82) is 0 Å². The summed E-state index contributed by atoms with van der Waals surface area (Å²) >= 11 is 11.8. The van der Waals surface area contributed by atoms with Gasteiger partial charge in [-0.15, -0.1) is 0 Å². The highest BCUT2D eigenvalue weighted by Gasteiger charge is 2.19. The van der Waals surface area contributed by atoms with Crippen molar-refractivity contribution in [1.82, 2.24) is 4.72 Å². The van der Waals surface area contributed by atoms with E-state index in [1.54, 1.807) is 18.2 Å². The maximum atomic E-state index is 12.4. The summed E-state index contributed by atoms with van der Waals surface area (Å²) in [4.78, 5) is -0.0754. The number of ether oxygens (including phenoxy) is 2. The zero-order valence-corrected chi connectivity index (χ0v) is 14.8. The average Bonchev–Trinajstić information content (AvgIpc) is 2.54. The summed E-state index contributed by atoms with van der Waals surface area (Å²) in [5.74, 6) is 1.14. The number of benzene rings is 2. The minimum Gasteiger partial charge on any atom is -0.497 e. The average molecular weight is 376 g/mol. The monoisotopic (exact) mass is 375 g/mol. The van der Waals surface area contributed by atoms with Crippen molar-refractivity contribution >= 4 is 33.2 Å². The fraction of sp³-hybridized carbons (Fsp3) is 0.200. The second-order valence-electron chi connectivity index (χ2n) is 4.58. The molecule has 2 aromatic carbocycles. The molecule has 0 saturated carbocycles. The molecule has 0 radical (unpaired) electrons. The van der Waals surface area contributed by atoms with E-state index in [1.807, 2.05) is 0 Å². The van der Waals surface area contributed by atoms with Gasteiger partial charge in [-0.05, 0) is 36.4 Å². The summed E-state index contributed by atoms with van der Waals surface area (Å²) < 4.78 is 37.6. The van der Waals surface area contributed by atoms with Gasteiger partial charge in [-0.1, -0.05) is 23.2 Å². The number of sulfonamides is 1. The molecule has 0 heterocycles. The summed E-state index contributed by atoms with van der Waals surface area (Å²) in [6, 6.07) is 9.38. The van der Waals surface area contributed by atoms with Crippen LogP contribution in [0.2, 0.25) is 10.0 Å². The highest BCUT2D eigenvalue weighted by molar-refractivity contribution is 7.89. The Kier molecular flexibility index (Phi) is 5.75. The van der Waals surface area contributed by atoms with Crippen LogP contribution in [0.3, 0.4) is 0 Å². The molecule has 2 rings (SSSR count). The summed E-state index contributed by atoms with van der Waals surface area (Å²) in [7, 11) is -0.782. The summed E-state index contributed by atoms with van der Waals surface area (Å²) in [6.07, 6.45) is 0. The first-order valence-corrected chi connectivity index (χ1v) is 8.77. The molecule has 0 unspecified atom stereocenters. The molecule has 124 valence electrons. The van der Waals surface area contributed by atoms with Crippen LogP contribution in [0.4, 0.5) is 0 Å². The first-order valence-electron chi connectivity index (χ1n) is 6.53. The minimum atomic E-state index is -3.82. The molecular weight excluding hydrogens is 361 g/mol. The molecule has 0 saturated heterocycles. The van der Waals surface area contributed by atoms with Gasteiger partial charge in [0.1, 0.15) is 16.4 Å². The fourth-order valence-electron chi connectivity index (χ4n) is 1.95. The van der Waals surface area contributed by atoms with E-state index in [1.165, 1.54) is 32.4 Å². The van der Waals surface area contributed by atoms with E-state index in [0.717, 1.165) is 0 Å². The number of hydrogen-bond acceptors (Lipinski definition) is 4. The van der Waals surface area contributed by atoms with E-state index >= 15 is 0 Å². The standard InChI is InChI=1S/C15H15Cl2NO4S/c1-21-12-4-6-14(22-2)10(7-12)9-18-23(19,20)15-8-11(16)3-5-13(15)17/h3-8,18H,9H2,1-2H3. The Morgan fingerprint density at radius 3 is 2.43 bits per heavy atom. The van der Waals surface area contributed by atoms with Crippen molar-refractivity contribution in [3.05, 3.63) is 52.0 Å². The number of methoxy groups -OCH3 is 2. The lowest BCUT2D eigenvalue weighted by molar-refractivity contribution is 0.398. The van der Waals surface area contributed by atoms with Crippen molar-refractivity contribution in [3.63, 3.8) is 0 Å². The van der Waals surface area contributed by atoms with Gasteiger partial charge in [-0.25, -0.2) is 13.1 Å². The number of hydrogen-bond donors (Lipinski definition) is 1. The summed E-state index contributed by atoms with van der Waals surface area (Å²) in [5.41, 5.74) is 0.633. The smallest absolute Gasteiger partial charge is 0.242 e. The van der Waals surface area contributed by atoms with Gasteiger partial charge in [-0.2, -0.15) is 0 Å². The van der Waals surface area contributed by atoms with Crippen molar-refractivity contribution in [2.24, 2.45) is 0 Å². The Bertz CT molecular complexity index is 809. The highest BCUT2D eigenvalue weighted by atomic mass is 35.5. The second-order valence-corrected chi connectivity index (χ2v) is 7.16. The number of halogens is 2. The van der Waals surface area contributed by atoms with E-state index in [0.29, 0.717) is 17.1 Å². The molecule has 0 amide bonds. The van der Waals surface area contributed by atoms with Crippen LogP contribution in [-0.4, -0.2) is 22.6 Å². The van der Waals surface area contributed by atoms with E-state index in [4.69, 9.17) is 32.7 Å². The first-order chi connectivity index (χ1) is 10.9. The van der Waals surface area contributed by atoms with Crippen molar-refractivity contribution in [3.8, 4) is 11.5 Å². The number of rotatable bonds is 6.